The zero-order valence-electron chi connectivity index (χ0n) is 23.5. The summed E-state index contributed by atoms with van der Waals surface area (Å²) < 4.78 is 6.25. The predicted octanol–water partition coefficient (Wildman–Crippen LogP) is 5.93. The molecule has 2 heterocycles. The van der Waals surface area contributed by atoms with Crippen molar-refractivity contribution in [3.05, 3.63) is 76.7 Å². The summed E-state index contributed by atoms with van der Waals surface area (Å²) in [5.41, 5.74) is 6.50. The van der Waals surface area contributed by atoms with Crippen LogP contribution >= 0.6 is 0 Å². The van der Waals surface area contributed by atoms with Gasteiger partial charge < -0.3 is 20.7 Å². The van der Waals surface area contributed by atoms with E-state index in [9.17, 15) is 9.59 Å². The number of nitrogens with one attached hydrogen (secondary N) is 3. The number of anilines is 2. The number of carbonyl (C=O) groups is 2. The monoisotopic (exact) mass is 518 g/mol. The van der Waals surface area contributed by atoms with Crippen molar-refractivity contribution in [2.24, 2.45) is 0 Å². The molecule has 0 atom stereocenters. The van der Waals surface area contributed by atoms with E-state index >= 15 is 0 Å². The first kappa shape index (κ1) is 29.3. The highest BCUT2D eigenvalue weighted by atomic mass is 16.5. The smallest absolute Gasteiger partial charge is 0.255 e. The average molecular weight is 519 g/mol. The Labute approximate surface area is 227 Å². The van der Waals surface area contributed by atoms with Gasteiger partial charge in [-0.1, -0.05) is 44.2 Å². The molecule has 2 amide bonds. The summed E-state index contributed by atoms with van der Waals surface area (Å²) in [6, 6.07) is 1.72. The SMILES string of the molecule is C=C(C)C(=C\C(=CC)C(=O)Nc1cc(NC(=O)CNCC)cnc1C)/C=C(\CC)C1=CCC2(CCC2)OC1. The van der Waals surface area contributed by atoms with Crippen LogP contribution in [0.3, 0.4) is 0 Å². The zero-order valence-corrected chi connectivity index (χ0v) is 23.5. The second-order valence-corrected chi connectivity index (χ2v) is 10.0. The molecule has 1 aliphatic carbocycles. The van der Waals surface area contributed by atoms with Crippen LogP contribution in [0, 0.1) is 6.92 Å². The molecule has 0 aromatic carbocycles. The first-order chi connectivity index (χ1) is 18.2. The highest BCUT2D eigenvalue weighted by molar-refractivity contribution is 6.06. The lowest BCUT2D eigenvalue weighted by Gasteiger charge is -2.44. The summed E-state index contributed by atoms with van der Waals surface area (Å²) in [5.74, 6) is -0.427. The molecule has 204 valence electrons. The van der Waals surface area contributed by atoms with Crippen molar-refractivity contribution in [2.45, 2.75) is 72.3 Å². The van der Waals surface area contributed by atoms with Crippen LogP contribution in [0.5, 0.6) is 0 Å². The van der Waals surface area contributed by atoms with Gasteiger partial charge in [0, 0.05) is 5.57 Å². The molecule has 2 aliphatic rings. The Morgan fingerprint density at radius 3 is 2.50 bits per heavy atom. The highest BCUT2D eigenvalue weighted by Crippen LogP contribution is 2.42. The lowest BCUT2D eigenvalue weighted by molar-refractivity contribution is -0.115. The van der Waals surface area contributed by atoms with E-state index in [1.165, 1.54) is 17.6 Å². The van der Waals surface area contributed by atoms with Crippen LogP contribution in [0.1, 0.15) is 65.5 Å². The van der Waals surface area contributed by atoms with E-state index in [-0.39, 0.29) is 24.0 Å². The molecule has 0 bridgehead atoms. The normalized spacial score (nSPS) is 17.5. The number of hydrogen-bond acceptors (Lipinski definition) is 5. The minimum absolute atomic E-state index is 0.0745. The van der Waals surface area contributed by atoms with Gasteiger partial charge in [-0.05, 0) is 88.3 Å². The van der Waals surface area contributed by atoms with E-state index in [0.29, 0.717) is 35.8 Å². The van der Waals surface area contributed by atoms with E-state index in [1.54, 1.807) is 18.3 Å². The molecule has 1 saturated carbocycles. The van der Waals surface area contributed by atoms with Gasteiger partial charge in [-0.15, -0.1) is 0 Å². The van der Waals surface area contributed by atoms with Gasteiger partial charge in [0.2, 0.25) is 5.91 Å². The standard InChI is InChI=1S/C31H42N4O3/c1-7-23(25-11-14-31(38-20-25)12-10-13-31)15-26(21(4)5)16-24(8-2)30(37)35-28-17-27(18-33-22(28)6)34-29(36)19-32-9-3/h8,11,15-18,32H,4,7,9-10,12-14,19-20H2,1-3,5-6H3,(H,34,36)(H,35,37)/b23-15+,24-8?,26-16-. The number of aryl methyl sites for hydroxylation is 1. The van der Waals surface area contributed by atoms with E-state index in [0.717, 1.165) is 36.8 Å². The Morgan fingerprint density at radius 2 is 1.95 bits per heavy atom. The number of pyridine rings is 1. The van der Waals surface area contributed by atoms with E-state index in [1.807, 2.05) is 33.8 Å². The third-order valence-corrected chi connectivity index (χ3v) is 7.17. The minimum Gasteiger partial charge on any atom is -0.370 e. The van der Waals surface area contributed by atoms with Gasteiger partial charge in [0.05, 0.1) is 42.0 Å². The van der Waals surface area contributed by atoms with Crippen molar-refractivity contribution in [1.29, 1.82) is 0 Å². The summed E-state index contributed by atoms with van der Waals surface area (Å²) in [6.45, 7) is 15.4. The number of ether oxygens (including phenoxy) is 1. The van der Waals surface area contributed by atoms with Gasteiger partial charge in [0.1, 0.15) is 0 Å². The molecular formula is C31H42N4O3. The molecule has 38 heavy (non-hydrogen) atoms. The van der Waals surface area contributed by atoms with Crippen LogP contribution < -0.4 is 16.0 Å². The fourth-order valence-corrected chi connectivity index (χ4v) is 4.51. The molecule has 1 aromatic heterocycles. The quantitative estimate of drug-likeness (QED) is 0.249. The van der Waals surface area contributed by atoms with Crippen LogP contribution in [0.2, 0.25) is 0 Å². The maximum Gasteiger partial charge on any atom is 0.255 e. The van der Waals surface area contributed by atoms with Crippen molar-refractivity contribution in [2.75, 3.05) is 30.3 Å². The van der Waals surface area contributed by atoms with Gasteiger partial charge in [-0.3, -0.25) is 14.6 Å². The van der Waals surface area contributed by atoms with Gasteiger partial charge in [0.15, 0.2) is 0 Å². The van der Waals surface area contributed by atoms with Gasteiger partial charge >= 0.3 is 0 Å². The molecular weight excluding hydrogens is 476 g/mol. The average Bonchev–Trinajstić information content (AvgIpc) is 2.88. The third-order valence-electron chi connectivity index (χ3n) is 7.17. The van der Waals surface area contributed by atoms with Crippen molar-refractivity contribution in [3.63, 3.8) is 0 Å². The summed E-state index contributed by atoms with van der Waals surface area (Å²) in [4.78, 5) is 29.7. The molecule has 1 spiro atoms. The van der Waals surface area contributed by atoms with Crippen LogP contribution in [0.25, 0.3) is 0 Å². The number of rotatable bonds is 11. The van der Waals surface area contributed by atoms with E-state index < -0.39 is 0 Å². The van der Waals surface area contributed by atoms with Crippen LogP contribution in [-0.4, -0.2) is 42.1 Å². The van der Waals surface area contributed by atoms with Crippen molar-refractivity contribution >= 4 is 23.2 Å². The maximum absolute atomic E-state index is 13.3. The Kier molecular flexibility index (Phi) is 10.4. The molecule has 1 fully saturated rings. The van der Waals surface area contributed by atoms with Gasteiger partial charge in [0.25, 0.3) is 5.91 Å². The zero-order chi connectivity index (χ0) is 27.7. The van der Waals surface area contributed by atoms with Crippen LogP contribution in [0.4, 0.5) is 11.4 Å². The Bertz CT molecular complexity index is 1190. The first-order valence-corrected chi connectivity index (χ1v) is 13.6. The fourth-order valence-electron chi connectivity index (χ4n) is 4.51. The Hall–Kier alpha value is -3.29. The maximum atomic E-state index is 13.3. The molecule has 0 saturated heterocycles. The predicted molar refractivity (Wildman–Crippen MR) is 155 cm³/mol. The largest absolute Gasteiger partial charge is 0.370 e. The Balaban J connectivity index is 1.78. The first-order valence-electron chi connectivity index (χ1n) is 13.6. The lowest BCUT2D eigenvalue weighted by atomic mass is 9.75. The molecule has 3 rings (SSSR count). The number of hydrogen-bond donors (Lipinski definition) is 3. The number of amides is 2. The third kappa shape index (κ3) is 7.62. The van der Waals surface area contributed by atoms with Crippen molar-refractivity contribution in [3.8, 4) is 0 Å². The summed E-state index contributed by atoms with van der Waals surface area (Å²) >= 11 is 0. The van der Waals surface area contributed by atoms with Crippen molar-refractivity contribution < 1.29 is 14.3 Å². The molecule has 0 radical (unpaired) electrons. The number of aromatic nitrogens is 1. The molecule has 1 aliphatic heterocycles. The molecule has 7 heteroatoms. The van der Waals surface area contributed by atoms with E-state index in [4.69, 9.17) is 4.74 Å². The second kappa shape index (κ2) is 13.5. The fraction of sp³-hybridized carbons (Fsp3) is 0.452. The molecule has 3 N–H and O–H groups in total. The molecule has 7 nitrogen and oxygen atoms in total. The van der Waals surface area contributed by atoms with Gasteiger partial charge in [-0.25, -0.2) is 0 Å². The lowest BCUT2D eigenvalue weighted by Crippen LogP contribution is -2.42. The number of likely N-dealkylation sites (N-methyl/N-ethyl adjacent to an activating group) is 1. The van der Waals surface area contributed by atoms with Gasteiger partial charge in [-0.2, -0.15) is 0 Å². The molecule has 1 aromatic rings. The molecule has 0 unspecified atom stereocenters. The number of nitrogens with zero attached hydrogens (tertiary/aromatic N) is 1. The van der Waals surface area contributed by atoms with Crippen molar-refractivity contribution in [1.82, 2.24) is 10.3 Å². The number of carbonyl (C=O) groups excluding carboxylic acids is 2. The summed E-state index contributed by atoms with van der Waals surface area (Å²) in [5, 5.41) is 8.74. The van der Waals surface area contributed by atoms with Crippen LogP contribution in [0.15, 0.2) is 71.0 Å². The number of allylic oxidation sites excluding steroid dienone is 4. The van der Waals surface area contributed by atoms with Crippen LogP contribution in [-0.2, 0) is 14.3 Å². The topological polar surface area (TPSA) is 92.4 Å². The Morgan fingerprint density at radius 1 is 1.18 bits per heavy atom. The van der Waals surface area contributed by atoms with E-state index in [2.05, 4.69) is 46.6 Å². The minimum atomic E-state index is -0.258. The summed E-state index contributed by atoms with van der Waals surface area (Å²) in [7, 11) is 0. The summed E-state index contributed by atoms with van der Waals surface area (Å²) in [6.07, 6.45) is 15.1. The highest BCUT2D eigenvalue weighted by Gasteiger charge is 2.39. The second-order valence-electron chi connectivity index (χ2n) is 10.0.